The standard InChI is InChI=1S/C24H27N3O7/c1-5-31-19-8-6-7-9-20(19)33-14-23(28)25-26-24(29)17-10-11-21(22(12-17)30-4)32-13-18-15(2)27-34-16(18)3/h6-12H,5,13-14H2,1-4H3,(H,25,28)(H,26,29). The number of aromatic nitrogens is 1. The fourth-order valence-corrected chi connectivity index (χ4v) is 3.01. The second-order valence-electron chi connectivity index (χ2n) is 7.13. The highest BCUT2D eigenvalue weighted by molar-refractivity contribution is 5.96. The molecule has 34 heavy (non-hydrogen) atoms. The van der Waals surface area contributed by atoms with E-state index in [9.17, 15) is 9.59 Å². The summed E-state index contributed by atoms with van der Waals surface area (Å²) in [6.07, 6.45) is 0. The highest BCUT2D eigenvalue weighted by Gasteiger charge is 2.15. The van der Waals surface area contributed by atoms with E-state index in [0.29, 0.717) is 35.4 Å². The Morgan fingerprint density at radius 2 is 1.65 bits per heavy atom. The Bertz CT molecular complexity index is 1120. The van der Waals surface area contributed by atoms with Gasteiger partial charge in [0, 0.05) is 5.56 Å². The second-order valence-corrected chi connectivity index (χ2v) is 7.13. The number of carbonyl (C=O) groups excluding carboxylic acids is 2. The number of benzene rings is 2. The molecule has 3 rings (SSSR count). The number of carbonyl (C=O) groups is 2. The van der Waals surface area contributed by atoms with Crippen LogP contribution in [0.4, 0.5) is 0 Å². The number of hydrazine groups is 1. The summed E-state index contributed by atoms with van der Waals surface area (Å²) >= 11 is 0. The first kappa shape index (κ1) is 24.4. The van der Waals surface area contributed by atoms with Crippen molar-refractivity contribution in [1.82, 2.24) is 16.0 Å². The zero-order chi connectivity index (χ0) is 24.5. The number of nitrogens with zero attached hydrogens (tertiary/aromatic N) is 1. The van der Waals surface area contributed by atoms with Gasteiger partial charge >= 0.3 is 0 Å². The van der Waals surface area contributed by atoms with E-state index in [1.807, 2.05) is 13.8 Å². The summed E-state index contributed by atoms with van der Waals surface area (Å²) in [5.41, 5.74) is 6.52. The largest absolute Gasteiger partial charge is 0.493 e. The van der Waals surface area contributed by atoms with Crippen LogP contribution in [-0.4, -0.2) is 37.3 Å². The Kier molecular flexibility index (Phi) is 8.33. The third-order valence-corrected chi connectivity index (χ3v) is 4.80. The normalized spacial score (nSPS) is 10.4. The fraction of sp³-hybridized carbons (Fsp3) is 0.292. The lowest BCUT2D eigenvalue weighted by Gasteiger charge is -2.13. The average Bonchev–Trinajstić information content (AvgIpc) is 3.17. The maximum Gasteiger partial charge on any atom is 0.276 e. The molecule has 0 aliphatic rings. The van der Waals surface area contributed by atoms with Gasteiger partial charge in [-0.25, -0.2) is 0 Å². The lowest BCUT2D eigenvalue weighted by molar-refractivity contribution is -0.123. The predicted octanol–water partition coefficient (Wildman–Crippen LogP) is 3.12. The van der Waals surface area contributed by atoms with Gasteiger partial charge in [-0.1, -0.05) is 17.3 Å². The number of hydrogen-bond acceptors (Lipinski definition) is 8. The number of methoxy groups -OCH3 is 1. The van der Waals surface area contributed by atoms with E-state index in [4.69, 9.17) is 23.5 Å². The molecule has 10 heteroatoms. The molecule has 0 atom stereocenters. The molecular formula is C24H27N3O7. The van der Waals surface area contributed by atoms with Gasteiger partial charge in [0.2, 0.25) is 0 Å². The molecule has 1 heterocycles. The number of hydrogen-bond donors (Lipinski definition) is 2. The first-order valence-corrected chi connectivity index (χ1v) is 10.6. The van der Waals surface area contributed by atoms with Gasteiger partial charge in [-0.2, -0.15) is 0 Å². The number of amides is 2. The maximum atomic E-state index is 12.5. The van der Waals surface area contributed by atoms with E-state index >= 15 is 0 Å². The molecule has 0 aliphatic heterocycles. The summed E-state index contributed by atoms with van der Waals surface area (Å²) in [5, 5.41) is 3.90. The molecule has 0 bridgehead atoms. The van der Waals surface area contributed by atoms with Crippen molar-refractivity contribution >= 4 is 11.8 Å². The first-order chi connectivity index (χ1) is 16.4. The van der Waals surface area contributed by atoms with Crippen molar-refractivity contribution in [2.75, 3.05) is 20.3 Å². The van der Waals surface area contributed by atoms with Gasteiger partial charge in [-0.05, 0) is 51.1 Å². The minimum absolute atomic E-state index is 0.242. The molecule has 0 unspecified atom stereocenters. The van der Waals surface area contributed by atoms with Crippen LogP contribution in [-0.2, 0) is 11.4 Å². The van der Waals surface area contributed by atoms with Crippen molar-refractivity contribution in [1.29, 1.82) is 0 Å². The SMILES string of the molecule is CCOc1ccccc1OCC(=O)NNC(=O)c1ccc(OCc2c(C)noc2C)c(OC)c1. The zero-order valence-corrected chi connectivity index (χ0v) is 19.5. The summed E-state index contributed by atoms with van der Waals surface area (Å²) in [6.45, 7) is 5.90. The molecule has 10 nitrogen and oxygen atoms in total. The zero-order valence-electron chi connectivity index (χ0n) is 19.5. The van der Waals surface area contributed by atoms with Crippen LogP contribution in [0.3, 0.4) is 0 Å². The van der Waals surface area contributed by atoms with Gasteiger partial charge < -0.3 is 23.5 Å². The molecule has 0 radical (unpaired) electrons. The fourth-order valence-electron chi connectivity index (χ4n) is 3.01. The number of nitrogens with one attached hydrogen (secondary N) is 2. The Hall–Kier alpha value is -4.21. The molecule has 2 amide bonds. The molecule has 1 aromatic heterocycles. The minimum Gasteiger partial charge on any atom is -0.493 e. The summed E-state index contributed by atoms with van der Waals surface area (Å²) in [7, 11) is 1.47. The van der Waals surface area contributed by atoms with E-state index in [1.165, 1.54) is 13.2 Å². The van der Waals surface area contributed by atoms with Crippen LogP contribution in [0, 0.1) is 13.8 Å². The smallest absolute Gasteiger partial charge is 0.276 e. The lowest BCUT2D eigenvalue weighted by atomic mass is 10.2. The Balaban J connectivity index is 1.54. The van der Waals surface area contributed by atoms with Gasteiger partial charge in [0.05, 0.1) is 25.0 Å². The Morgan fingerprint density at radius 3 is 2.29 bits per heavy atom. The molecule has 2 aromatic carbocycles. The monoisotopic (exact) mass is 469 g/mol. The molecule has 0 fully saturated rings. The van der Waals surface area contributed by atoms with Gasteiger partial charge in [0.1, 0.15) is 12.4 Å². The van der Waals surface area contributed by atoms with E-state index in [-0.39, 0.29) is 18.8 Å². The van der Waals surface area contributed by atoms with Crippen LogP contribution in [0.15, 0.2) is 47.0 Å². The molecular weight excluding hydrogens is 442 g/mol. The topological polar surface area (TPSA) is 121 Å². The molecule has 0 aliphatic carbocycles. The van der Waals surface area contributed by atoms with Crippen LogP contribution in [0.5, 0.6) is 23.0 Å². The summed E-state index contributed by atoms with van der Waals surface area (Å²) in [5.74, 6) is 1.39. The highest BCUT2D eigenvalue weighted by Crippen LogP contribution is 2.29. The average molecular weight is 469 g/mol. The number of ether oxygens (including phenoxy) is 4. The van der Waals surface area contributed by atoms with Gasteiger partial charge in [-0.3, -0.25) is 20.4 Å². The van der Waals surface area contributed by atoms with Crippen molar-refractivity contribution in [2.45, 2.75) is 27.4 Å². The summed E-state index contributed by atoms with van der Waals surface area (Å²) < 4.78 is 27.2. The summed E-state index contributed by atoms with van der Waals surface area (Å²) in [6, 6.07) is 11.7. The van der Waals surface area contributed by atoms with Gasteiger partial charge in [0.25, 0.3) is 11.8 Å². The van der Waals surface area contributed by atoms with Crippen molar-refractivity contribution < 1.29 is 33.1 Å². The predicted molar refractivity (Wildman–Crippen MR) is 122 cm³/mol. The van der Waals surface area contributed by atoms with Crippen molar-refractivity contribution in [3.63, 3.8) is 0 Å². The third kappa shape index (κ3) is 6.18. The lowest BCUT2D eigenvalue weighted by Crippen LogP contribution is -2.43. The van der Waals surface area contributed by atoms with Gasteiger partial charge in [0.15, 0.2) is 29.6 Å². The van der Waals surface area contributed by atoms with Crippen molar-refractivity contribution in [3.8, 4) is 23.0 Å². The molecule has 180 valence electrons. The summed E-state index contributed by atoms with van der Waals surface area (Å²) in [4.78, 5) is 24.6. The quantitative estimate of drug-likeness (QED) is 0.435. The maximum absolute atomic E-state index is 12.5. The second kappa shape index (κ2) is 11.6. The number of aryl methyl sites for hydroxylation is 2. The third-order valence-electron chi connectivity index (χ3n) is 4.80. The Morgan fingerprint density at radius 1 is 0.941 bits per heavy atom. The van der Waals surface area contributed by atoms with Crippen LogP contribution >= 0.6 is 0 Å². The van der Waals surface area contributed by atoms with E-state index in [2.05, 4.69) is 16.0 Å². The highest BCUT2D eigenvalue weighted by atomic mass is 16.5. The number of para-hydroxylation sites is 2. The first-order valence-electron chi connectivity index (χ1n) is 10.6. The van der Waals surface area contributed by atoms with Crippen LogP contribution in [0.25, 0.3) is 0 Å². The van der Waals surface area contributed by atoms with Crippen LogP contribution in [0.1, 0.15) is 34.3 Å². The van der Waals surface area contributed by atoms with Gasteiger partial charge in [-0.15, -0.1) is 0 Å². The van der Waals surface area contributed by atoms with Crippen LogP contribution in [0.2, 0.25) is 0 Å². The van der Waals surface area contributed by atoms with Crippen molar-refractivity contribution in [2.24, 2.45) is 0 Å². The minimum atomic E-state index is -0.536. The van der Waals surface area contributed by atoms with E-state index in [0.717, 1.165) is 11.3 Å². The van der Waals surface area contributed by atoms with E-state index < -0.39 is 11.8 Å². The molecule has 0 saturated heterocycles. The van der Waals surface area contributed by atoms with E-state index in [1.54, 1.807) is 43.3 Å². The molecule has 0 saturated carbocycles. The van der Waals surface area contributed by atoms with Crippen LogP contribution < -0.4 is 29.8 Å². The number of rotatable bonds is 10. The Labute approximate surface area is 197 Å². The molecule has 2 N–H and O–H groups in total. The molecule has 3 aromatic rings. The van der Waals surface area contributed by atoms with Crippen molar-refractivity contribution in [3.05, 3.63) is 65.0 Å². The molecule has 0 spiro atoms.